The third-order valence-corrected chi connectivity index (χ3v) is 2.40. The number of ether oxygens (including phenoxy) is 1. The molecule has 0 amide bonds. The van der Waals surface area contributed by atoms with Crippen LogP contribution in [-0.4, -0.2) is 16.3 Å². The second kappa shape index (κ2) is 3.77. The lowest BCUT2D eigenvalue weighted by Gasteiger charge is -2.19. The van der Waals surface area contributed by atoms with Crippen LogP contribution in [0.2, 0.25) is 0 Å². The Hall–Kier alpha value is -0.770. The first-order valence-corrected chi connectivity index (χ1v) is 5.16. The molecule has 0 unspecified atom stereocenters. The summed E-state index contributed by atoms with van der Waals surface area (Å²) in [4.78, 5) is 11.5. The van der Waals surface area contributed by atoms with Crippen LogP contribution in [0.5, 0.6) is 0 Å². The fourth-order valence-electron chi connectivity index (χ4n) is 0.952. The third-order valence-electron chi connectivity index (χ3n) is 1.57. The van der Waals surface area contributed by atoms with Crippen LogP contribution in [0.4, 0.5) is 4.79 Å². The summed E-state index contributed by atoms with van der Waals surface area (Å²) in [6.45, 7) is 7.45. The second-order valence-corrected chi connectivity index (χ2v) is 5.03. The molecule has 0 spiro atoms. The molecule has 1 heterocycles. The minimum atomic E-state index is -0.457. The van der Waals surface area contributed by atoms with Gasteiger partial charge in [0.15, 0.2) is 0 Å². The SMILES string of the molecule is Cc1cn(C(=O)OC(C)(C)C)cc1Br. The van der Waals surface area contributed by atoms with Crippen molar-refractivity contribution < 1.29 is 9.53 Å². The molecule has 0 saturated carbocycles. The van der Waals surface area contributed by atoms with Crippen molar-refractivity contribution in [1.29, 1.82) is 0 Å². The van der Waals surface area contributed by atoms with E-state index in [2.05, 4.69) is 15.9 Å². The summed E-state index contributed by atoms with van der Waals surface area (Å²) in [5.74, 6) is 0. The van der Waals surface area contributed by atoms with Crippen LogP contribution in [0.15, 0.2) is 16.9 Å². The molecule has 0 fully saturated rings. The van der Waals surface area contributed by atoms with Gasteiger partial charge >= 0.3 is 6.09 Å². The van der Waals surface area contributed by atoms with E-state index in [-0.39, 0.29) is 6.09 Å². The molecule has 78 valence electrons. The molecule has 0 atom stereocenters. The summed E-state index contributed by atoms with van der Waals surface area (Å²) >= 11 is 3.34. The fraction of sp³-hybridized carbons (Fsp3) is 0.500. The fourth-order valence-corrected chi connectivity index (χ4v) is 1.27. The molecule has 0 aliphatic rings. The Labute approximate surface area is 92.2 Å². The van der Waals surface area contributed by atoms with Crippen molar-refractivity contribution in [1.82, 2.24) is 4.57 Å². The quantitative estimate of drug-likeness (QED) is 0.716. The third kappa shape index (κ3) is 2.87. The average Bonchev–Trinajstić information content (AvgIpc) is 2.28. The number of hydrogen-bond acceptors (Lipinski definition) is 2. The highest BCUT2D eigenvalue weighted by Crippen LogP contribution is 2.17. The Bertz CT molecular complexity index is 330. The number of nitrogens with zero attached hydrogens (tertiary/aromatic N) is 1. The molecule has 3 nitrogen and oxygen atoms in total. The number of carbonyl (C=O) groups excluding carboxylic acids is 1. The monoisotopic (exact) mass is 259 g/mol. The lowest BCUT2D eigenvalue weighted by atomic mass is 10.2. The predicted octanol–water partition coefficient (Wildman–Crippen LogP) is 3.34. The van der Waals surface area contributed by atoms with Crippen molar-refractivity contribution >= 4 is 22.0 Å². The first-order valence-electron chi connectivity index (χ1n) is 4.37. The molecule has 4 heteroatoms. The van der Waals surface area contributed by atoms with Gasteiger partial charge in [0.25, 0.3) is 0 Å². The second-order valence-electron chi connectivity index (χ2n) is 4.18. The Kier molecular flexibility index (Phi) is 3.04. The van der Waals surface area contributed by atoms with Crippen LogP contribution in [-0.2, 0) is 4.74 Å². The largest absolute Gasteiger partial charge is 0.443 e. The van der Waals surface area contributed by atoms with E-state index >= 15 is 0 Å². The Morgan fingerprint density at radius 1 is 1.43 bits per heavy atom. The highest BCUT2D eigenvalue weighted by Gasteiger charge is 2.17. The zero-order valence-electron chi connectivity index (χ0n) is 8.80. The Balaban J connectivity index is 2.80. The van der Waals surface area contributed by atoms with Gasteiger partial charge in [0.1, 0.15) is 5.60 Å². The number of hydrogen-bond donors (Lipinski definition) is 0. The smallest absolute Gasteiger partial charge is 0.418 e. The van der Waals surface area contributed by atoms with Crippen molar-refractivity contribution in [3.63, 3.8) is 0 Å². The maximum atomic E-state index is 11.5. The van der Waals surface area contributed by atoms with Crippen molar-refractivity contribution in [3.8, 4) is 0 Å². The molecule has 1 aromatic heterocycles. The molecule has 1 rings (SSSR count). The van der Waals surface area contributed by atoms with Gasteiger partial charge in [-0.15, -0.1) is 0 Å². The number of aryl methyl sites for hydroxylation is 1. The molecule has 0 saturated heterocycles. The summed E-state index contributed by atoms with van der Waals surface area (Å²) in [6.07, 6.45) is 3.08. The maximum Gasteiger partial charge on any atom is 0.418 e. The van der Waals surface area contributed by atoms with E-state index in [9.17, 15) is 4.79 Å². The van der Waals surface area contributed by atoms with Crippen LogP contribution < -0.4 is 0 Å². The predicted molar refractivity (Wildman–Crippen MR) is 58.5 cm³/mol. The molecule has 0 aromatic carbocycles. The molecule has 0 N–H and O–H groups in total. The minimum Gasteiger partial charge on any atom is -0.443 e. The molecule has 0 aliphatic heterocycles. The van der Waals surface area contributed by atoms with Crippen molar-refractivity contribution in [2.24, 2.45) is 0 Å². The van der Waals surface area contributed by atoms with Crippen LogP contribution >= 0.6 is 15.9 Å². The maximum absolute atomic E-state index is 11.5. The van der Waals surface area contributed by atoms with Crippen LogP contribution in [0, 0.1) is 6.92 Å². The molecule has 0 aliphatic carbocycles. The number of carbonyl (C=O) groups is 1. The van der Waals surface area contributed by atoms with Crippen LogP contribution in [0.3, 0.4) is 0 Å². The first kappa shape index (κ1) is 11.3. The normalized spacial score (nSPS) is 11.5. The summed E-state index contributed by atoms with van der Waals surface area (Å²) in [6, 6.07) is 0. The summed E-state index contributed by atoms with van der Waals surface area (Å²) in [5, 5.41) is 0. The summed E-state index contributed by atoms with van der Waals surface area (Å²) < 4.78 is 7.54. The van der Waals surface area contributed by atoms with Gasteiger partial charge in [0.05, 0.1) is 0 Å². The van der Waals surface area contributed by atoms with Gasteiger partial charge in [-0.2, -0.15) is 0 Å². The van der Waals surface area contributed by atoms with Crippen molar-refractivity contribution in [3.05, 3.63) is 22.4 Å². The number of halogens is 1. The van der Waals surface area contributed by atoms with Crippen LogP contribution in [0.1, 0.15) is 26.3 Å². The Morgan fingerprint density at radius 3 is 2.36 bits per heavy atom. The molecular formula is C10H14BrNO2. The van der Waals surface area contributed by atoms with Gasteiger partial charge in [0, 0.05) is 16.9 Å². The van der Waals surface area contributed by atoms with Crippen LogP contribution in [0.25, 0.3) is 0 Å². The standard InChI is InChI=1S/C10H14BrNO2/c1-7-5-12(6-8(7)11)9(13)14-10(2,3)4/h5-6H,1-4H3. The van der Waals surface area contributed by atoms with E-state index in [1.807, 2.05) is 27.7 Å². The van der Waals surface area contributed by atoms with E-state index in [1.165, 1.54) is 4.57 Å². The lowest BCUT2D eigenvalue weighted by Crippen LogP contribution is -2.26. The van der Waals surface area contributed by atoms with E-state index in [4.69, 9.17) is 4.74 Å². The lowest BCUT2D eigenvalue weighted by molar-refractivity contribution is 0.0537. The zero-order chi connectivity index (χ0) is 10.9. The zero-order valence-corrected chi connectivity index (χ0v) is 10.4. The van der Waals surface area contributed by atoms with E-state index in [0.29, 0.717) is 0 Å². The van der Waals surface area contributed by atoms with Gasteiger partial charge in [-0.3, -0.25) is 4.57 Å². The van der Waals surface area contributed by atoms with Gasteiger partial charge in [-0.25, -0.2) is 4.79 Å². The van der Waals surface area contributed by atoms with Crippen molar-refractivity contribution in [2.75, 3.05) is 0 Å². The highest BCUT2D eigenvalue weighted by atomic mass is 79.9. The topological polar surface area (TPSA) is 31.2 Å². The molecule has 0 radical (unpaired) electrons. The van der Waals surface area contributed by atoms with E-state index in [1.54, 1.807) is 12.4 Å². The van der Waals surface area contributed by atoms with Crippen molar-refractivity contribution in [2.45, 2.75) is 33.3 Å². The number of rotatable bonds is 0. The van der Waals surface area contributed by atoms with Gasteiger partial charge in [-0.1, -0.05) is 0 Å². The molecule has 1 aromatic rings. The van der Waals surface area contributed by atoms with Gasteiger partial charge < -0.3 is 4.74 Å². The molecule has 14 heavy (non-hydrogen) atoms. The summed E-state index contributed by atoms with van der Waals surface area (Å²) in [5.41, 5.74) is 0.553. The summed E-state index contributed by atoms with van der Waals surface area (Å²) in [7, 11) is 0. The van der Waals surface area contributed by atoms with Gasteiger partial charge in [-0.05, 0) is 49.2 Å². The van der Waals surface area contributed by atoms with E-state index in [0.717, 1.165) is 10.0 Å². The highest BCUT2D eigenvalue weighted by molar-refractivity contribution is 9.10. The first-order chi connectivity index (χ1) is 6.29. The van der Waals surface area contributed by atoms with E-state index < -0.39 is 5.60 Å². The molecular weight excluding hydrogens is 246 g/mol. The van der Waals surface area contributed by atoms with Gasteiger partial charge in [0.2, 0.25) is 0 Å². The molecule has 0 bridgehead atoms. The minimum absolute atomic E-state index is 0.355. The Morgan fingerprint density at radius 2 is 2.00 bits per heavy atom. The number of aromatic nitrogens is 1. The average molecular weight is 260 g/mol.